The molecule has 2 aromatic carbocycles. The zero-order valence-electron chi connectivity index (χ0n) is 27.0. The van der Waals surface area contributed by atoms with Gasteiger partial charge in [0.25, 0.3) is 0 Å². The Morgan fingerprint density at radius 2 is 1.18 bits per heavy atom. The number of benzene rings is 2. The molecule has 1 heterocycles. The molecule has 1 aliphatic heterocycles. The van der Waals surface area contributed by atoms with Crippen molar-refractivity contribution >= 4 is 11.9 Å². The Kier molecular flexibility index (Phi) is 13.2. The standard InChI is InChI=1S/C36H50O8/c1-6-9-26-12-14-27(15-13-26)10-7-8-11-28-16-18-29(19-17-28)30-20-22-31(23-21-30)36-39-32(34(37)43-41-24(2)3)33(40-36)35(38)44-42-25(4)5/h16-27,32-33,36H,6-15H2,1-5H3/t26?,27?,32-,33-/m1/s1. The molecule has 0 amide bonds. The number of unbranched alkanes of at least 4 members (excludes halogenated alkanes) is 1. The molecule has 0 radical (unpaired) electrons. The summed E-state index contributed by atoms with van der Waals surface area (Å²) in [5.74, 6) is 0.139. The Hall–Kier alpha value is -2.78. The third kappa shape index (κ3) is 10.1. The molecule has 0 bridgehead atoms. The molecule has 2 aliphatic rings. The molecular weight excluding hydrogens is 560 g/mol. The van der Waals surface area contributed by atoms with Crippen molar-refractivity contribution in [3.05, 3.63) is 59.7 Å². The predicted octanol–water partition coefficient (Wildman–Crippen LogP) is 8.22. The second-order valence-electron chi connectivity index (χ2n) is 12.8. The van der Waals surface area contributed by atoms with E-state index in [0.29, 0.717) is 5.56 Å². The highest BCUT2D eigenvalue weighted by atomic mass is 17.2. The molecule has 1 aliphatic carbocycles. The van der Waals surface area contributed by atoms with Crippen LogP contribution in [0.2, 0.25) is 0 Å². The smallest absolute Gasteiger partial charge is 0.330 e. The van der Waals surface area contributed by atoms with Crippen LogP contribution in [-0.2, 0) is 45.0 Å². The Morgan fingerprint density at radius 1 is 0.705 bits per heavy atom. The fraction of sp³-hybridized carbons (Fsp3) is 0.611. The normalized spacial score (nSPS) is 22.4. The highest BCUT2D eigenvalue weighted by Crippen LogP contribution is 2.35. The minimum absolute atomic E-state index is 0.363. The van der Waals surface area contributed by atoms with E-state index >= 15 is 0 Å². The van der Waals surface area contributed by atoms with Gasteiger partial charge < -0.3 is 9.47 Å². The molecule has 2 fully saturated rings. The van der Waals surface area contributed by atoms with Gasteiger partial charge in [0.05, 0.1) is 12.2 Å². The van der Waals surface area contributed by atoms with Crippen molar-refractivity contribution in [3.63, 3.8) is 0 Å². The lowest BCUT2D eigenvalue weighted by Gasteiger charge is -2.28. The van der Waals surface area contributed by atoms with Crippen molar-refractivity contribution in [1.29, 1.82) is 0 Å². The highest BCUT2D eigenvalue weighted by Gasteiger charge is 2.49. The molecule has 8 nitrogen and oxygen atoms in total. The van der Waals surface area contributed by atoms with Crippen molar-refractivity contribution < 1.29 is 38.6 Å². The van der Waals surface area contributed by atoms with Gasteiger partial charge in [0.2, 0.25) is 0 Å². The maximum absolute atomic E-state index is 12.6. The van der Waals surface area contributed by atoms with Crippen molar-refractivity contribution in [3.8, 4) is 11.1 Å². The van der Waals surface area contributed by atoms with Gasteiger partial charge in [-0.3, -0.25) is 9.78 Å². The molecule has 242 valence electrons. The van der Waals surface area contributed by atoms with E-state index in [1.165, 1.54) is 63.4 Å². The molecule has 2 atom stereocenters. The minimum atomic E-state index is -1.38. The number of ether oxygens (including phenoxy) is 2. The first kappa shape index (κ1) is 34.1. The first-order valence-corrected chi connectivity index (χ1v) is 16.5. The molecular formula is C36H50O8. The first-order chi connectivity index (χ1) is 21.2. The molecule has 8 heteroatoms. The molecule has 4 rings (SSSR count). The molecule has 1 saturated carbocycles. The lowest BCUT2D eigenvalue weighted by atomic mass is 9.78. The average Bonchev–Trinajstić information content (AvgIpc) is 3.48. The van der Waals surface area contributed by atoms with Gasteiger partial charge in [-0.15, -0.1) is 0 Å². The van der Waals surface area contributed by atoms with Gasteiger partial charge in [-0.1, -0.05) is 107 Å². The van der Waals surface area contributed by atoms with Crippen LogP contribution in [0.3, 0.4) is 0 Å². The summed E-state index contributed by atoms with van der Waals surface area (Å²) >= 11 is 0. The summed E-state index contributed by atoms with van der Waals surface area (Å²) in [7, 11) is 0. The summed E-state index contributed by atoms with van der Waals surface area (Å²) in [6, 6.07) is 16.4. The molecule has 44 heavy (non-hydrogen) atoms. The third-order valence-corrected chi connectivity index (χ3v) is 8.39. The van der Waals surface area contributed by atoms with Crippen molar-refractivity contribution in [2.24, 2.45) is 11.8 Å². The quantitative estimate of drug-likeness (QED) is 0.113. The summed E-state index contributed by atoms with van der Waals surface area (Å²) in [5.41, 5.74) is 4.16. The van der Waals surface area contributed by atoms with Crippen LogP contribution in [0.25, 0.3) is 11.1 Å². The number of carbonyl (C=O) groups excluding carboxylic acids is 2. The van der Waals surface area contributed by atoms with Crippen LogP contribution in [0, 0.1) is 11.8 Å². The Morgan fingerprint density at radius 3 is 1.66 bits per heavy atom. The molecule has 0 N–H and O–H groups in total. The van der Waals surface area contributed by atoms with Gasteiger partial charge in [0, 0.05) is 5.56 Å². The van der Waals surface area contributed by atoms with E-state index < -0.39 is 30.4 Å². The van der Waals surface area contributed by atoms with E-state index in [9.17, 15) is 9.59 Å². The monoisotopic (exact) mass is 610 g/mol. The van der Waals surface area contributed by atoms with E-state index in [1.807, 2.05) is 24.3 Å². The number of hydrogen-bond acceptors (Lipinski definition) is 8. The second-order valence-corrected chi connectivity index (χ2v) is 12.8. The fourth-order valence-corrected chi connectivity index (χ4v) is 6.01. The van der Waals surface area contributed by atoms with Crippen LogP contribution in [0.5, 0.6) is 0 Å². The minimum Gasteiger partial charge on any atom is -0.330 e. The maximum atomic E-state index is 12.6. The van der Waals surface area contributed by atoms with E-state index in [-0.39, 0.29) is 12.2 Å². The molecule has 0 spiro atoms. The summed E-state index contributed by atoms with van der Waals surface area (Å²) in [4.78, 5) is 44.8. The van der Waals surface area contributed by atoms with Crippen LogP contribution in [0.4, 0.5) is 0 Å². The summed E-state index contributed by atoms with van der Waals surface area (Å²) < 4.78 is 11.6. The first-order valence-electron chi connectivity index (χ1n) is 16.5. The number of hydrogen-bond donors (Lipinski definition) is 0. The van der Waals surface area contributed by atoms with Gasteiger partial charge in [-0.25, -0.2) is 9.59 Å². The third-order valence-electron chi connectivity index (χ3n) is 8.39. The fourth-order valence-electron chi connectivity index (χ4n) is 6.01. The van der Waals surface area contributed by atoms with Gasteiger partial charge in [0.15, 0.2) is 18.5 Å². The highest BCUT2D eigenvalue weighted by molar-refractivity contribution is 5.85. The van der Waals surface area contributed by atoms with Crippen molar-refractivity contribution in [1.82, 2.24) is 0 Å². The van der Waals surface area contributed by atoms with Crippen LogP contribution >= 0.6 is 0 Å². The summed E-state index contributed by atoms with van der Waals surface area (Å²) in [6.45, 7) is 9.14. The van der Waals surface area contributed by atoms with Crippen LogP contribution in [-0.4, -0.2) is 36.4 Å². The van der Waals surface area contributed by atoms with Gasteiger partial charge in [-0.2, -0.15) is 9.78 Å². The Balaban J connectivity index is 1.28. The summed E-state index contributed by atoms with van der Waals surface area (Å²) in [5, 5.41) is 0. The van der Waals surface area contributed by atoms with E-state index in [2.05, 4.69) is 31.2 Å². The van der Waals surface area contributed by atoms with E-state index in [4.69, 9.17) is 29.0 Å². The average molecular weight is 611 g/mol. The SMILES string of the molecule is CCCC1CCC(CCCCc2ccc(-c3ccc(C4O[C@@H](C(=O)OOC(C)C)[C@H](C(=O)OOC(C)C)O4)cc3)cc2)CC1. The number of aryl methyl sites for hydroxylation is 1. The largest absolute Gasteiger partial charge is 0.374 e. The molecule has 0 aromatic heterocycles. The topological polar surface area (TPSA) is 89.5 Å². The zero-order valence-corrected chi connectivity index (χ0v) is 27.0. The predicted molar refractivity (Wildman–Crippen MR) is 167 cm³/mol. The Bertz CT molecular complexity index is 1120. The lowest BCUT2D eigenvalue weighted by Crippen LogP contribution is -2.40. The second kappa shape index (κ2) is 17.1. The van der Waals surface area contributed by atoms with Crippen LogP contribution in [0.1, 0.15) is 110 Å². The molecule has 2 aromatic rings. The van der Waals surface area contributed by atoms with Crippen LogP contribution < -0.4 is 0 Å². The van der Waals surface area contributed by atoms with E-state index in [1.54, 1.807) is 27.7 Å². The lowest BCUT2D eigenvalue weighted by molar-refractivity contribution is -0.303. The maximum Gasteiger partial charge on any atom is 0.374 e. The van der Waals surface area contributed by atoms with E-state index in [0.717, 1.165) is 29.4 Å². The zero-order chi connectivity index (χ0) is 31.5. The summed E-state index contributed by atoms with van der Waals surface area (Å²) in [6.07, 6.45) is 9.04. The van der Waals surface area contributed by atoms with Crippen molar-refractivity contribution in [2.75, 3.05) is 0 Å². The number of carbonyl (C=O) groups is 2. The number of rotatable bonds is 15. The van der Waals surface area contributed by atoms with Gasteiger partial charge >= 0.3 is 11.9 Å². The van der Waals surface area contributed by atoms with Gasteiger partial charge in [-0.05, 0) is 69.1 Å². The Labute approximate surface area is 262 Å². The molecule has 1 saturated heterocycles. The molecule has 0 unspecified atom stereocenters. The van der Waals surface area contributed by atoms with Crippen LogP contribution in [0.15, 0.2) is 48.5 Å². The van der Waals surface area contributed by atoms with Gasteiger partial charge in [0.1, 0.15) is 0 Å². The van der Waals surface area contributed by atoms with Crippen molar-refractivity contribution in [2.45, 2.75) is 130 Å².